The number of rotatable bonds is 6. The van der Waals surface area contributed by atoms with Gasteiger partial charge in [-0.25, -0.2) is 4.98 Å². The number of nitro groups is 1. The SMILES string of the molecule is CCCCc1ccc2nc(Cl)c(Cc3cc([N+](=O)[O-])c4n(c3=O)CCN4)cc2c1. The molecular weight excluding hydrogens is 392 g/mol. The summed E-state index contributed by atoms with van der Waals surface area (Å²) in [7, 11) is 0. The molecule has 0 fully saturated rings. The maximum atomic E-state index is 12.8. The van der Waals surface area contributed by atoms with Crippen molar-refractivity contribution in [3.8, 4) is 0 Å². The lowest BCUT2D eigenvalue weighted by molar-refractivity contribution is -0.384. The number of nitrogens with zero attached hydrogens (tertiary/aromatic N) is 3. The lowest BCUT2D eigenvalue weighted by Crippen LogP contribution is -2.23. The minimum Gasteiger partial charge on any atom is -0.364 e. The Hall–Kier alpha value is -2.93. The summed E-state index contributed by atoms with van der Waals surface area (Å²) in [4.78, 5) is 28.3. The number of anilines is 1. The van der Waals surface area contributed by atoms with Crippen LogP contribution in [0.2, 0.25) is 5.15 Å². The fourth-order valence-electron chi connectivity index (χ4n) is 3.77. The highest BCUT2D eigenvalue weighted by atomic mass is 35.5. The number of unbranched alkanes of at least 4 members (excludes halogenated alkanes) is 1. The van der Waals surface area contributed by atoms with Gasteiger partial charge in [-0.1, -0.05) is 31.0 Å². The van der Waals surface area contributed by atoms with Crippen LogP contribution in [0.3, 0.4) is 0 Å². The van der Waals surface area contributed by atoms with Crippen molar-refractivity contribution in [2.24, 2.45) is 0 Å². The van der Waals surface area contributed by atoms with Crippen molar-refractivity contribution in [1.29, 1.82) is 0 Å². The van der Waals surface area contributed by atoms with Gasteiger partial charge in [0.15, 0.2) is 5.82 Å². The van der Waals surface area contributed by atoms with Gasteiger partial charge in [0.05, 0.1) is 10.4 Å². The molecule has 0 bridgehead atoms. The van der Waals surface area contributed by atoms with Gasteiger partial charge < -0.3 is 5.32 Å². The van der Waals surface area contributed by atoms with Crippen molar-refractivity contribution in [3.05, 3.63) is 72.6 Å². The molecule has 0 aliphatic carbocycles. The molecule has 8 heteroatoms. The van der Waals surface area contributed by atoms with E-state index in [0.717, 1.165) is 30.2 Å². The van der Waals surface area contributed by atoms with Crippen LogP contribution >= 0.6 is 11.6 Å². The van der Waals surface area contributed by atoms with Crippen molar-refractivity contribution < 1.29 is 4.92 Å². The van der Waals surface area contributed by atoms with E-state index in [0.29, 0.717) is 29.4 Å². The van der Waals surface area contributed by atoms with Gasteiger partial charge in [-0.2, -0.15) is 0 Å². The third-order valence-electron chi connectivity index (χ3n) is 5.27. The molecule has 7 nitrogen and oxygen atoms in total. The number of hydrogen-bond donors (Lipinski definition) is 1. The van der Waals surface area contributed by atoms with Crippen LogP contribution in [0.1, 0.15) is 36.5 Å². The zero-order valence-corrected chi connectivity index (χ0v) is 16.8. The van der Waals surface area contributed by atoms with Gasteiger partial charge in [0.2, 0.25) is 0 Å². The highest BCUT2D eigenvalue weighted by Gasteiger charge is 2.26. The molecule has 0 saturated heterocycles. The average Bonchev–Trinajstić information content (AvgIpc) is 3.19. The molecule has 0 radical (unpaired) electrons. The first kappa shape index (κ1) is 19.4. The molecule has 1 N–H and O–H groups in total. The third kappa shape index (κ3) is 3.70. The summed E-state index contributed by atoms with van der Waals surface area (Å²) in [6.07, 6.45) is 3.43. The zero-order valence-electron chi connectivity index (χ0n) is 16.1. The average molecular weight is 413 g/mol. The second-order valence-electron chi connectivity index (χ2n) is 7.29. The van der Waals surface area contributed by atoms with E-state index in [1.807, 2.05) is 12.1 Å². The van der Waals surface area contributed by atoms with Crippen LogP contribution in [-0.4, -0.2) is 21.0 Å². The third-order valence-corrected chi connectivity index (χ3v) is 5.60. The van der Waals surface area contributed by atoms with Gasteiger partial charge in [-0.3, -0.25) is 19.5 Å². The summed E-state index contributed by atoms with van der Waals surface area (Å²) >= 11 is 6.38. The first-order valence-corrected chi connectivity index (χ1v) is 10.1. The minimum atomic E-state index is -0.465. The number of fused-ring (bicyclic) bond motifs is 2. The quantitative estimate of drug-likeness (QED) is 0.370. The molecule has 150 valence electrons. The number of aromatic nitrogens is 2. The number of halogens is 1. The summed E-state index contributed by atoms with van der Waals surface area (Å²) in [6, 6.07) is 9.40. The standard InChI is InChI=1S/C21H21ClN4O3/c1-2-3-4-13-5-6-17-14(9-13)10-15(19(22)24-17)11-16-12-18(26(28)29)20-23-7-8-25(20)21(16)27/h5-6,9-10,12,23H,2-4,7-8,11H2,1H3. The van der Waals surface area contributed by atoms with Crippen LogP contribution in [0, 0.1) is 10.1 Å². The Balaban J connectivity index is 1.76. The number of aryl methyl sites for hydroxylation is 1. The molecule has 29 heavy (non-hydrogen) atoms. The Kier molecular flexibility index (Phi) is 5.24. The smallest absolute Gasteiger partial charge is 0.310 e. The van der Waals surface area contributed by atoms with E-state index >= 15 is 0 Å². The predicted molar refractivity (Wildman–Crippen MR) is 114 cm³/mol. The van der Waals surface area contributed by atoms with Crippen LogP contribution in [0.5, 0.6) is 0 Å². The van der Waals surface area contributed by atoms with Gasteiger partial charge in [-0.05, 0) is 42.2 Å². The molecule has 0 saturated carbocycles. The Morgan fingerprint density at radius 2 is 2.10 bits per heavy atom. The van der Waals surface area contributed by atoms with E-state index in [9.17, 15) is 14.9 Å². The fraction of sp³-hybridized carbons (Fsp3) is 0.333. The molecule has 1 aliphatic rings. The number of benzene rings is 1. The monoisotopic (exact) mass is 412 g/mol. The lowest BCUT2D eigenvalue weighted by Gasteiger charge is -2.10. The van der Waals surface area contributed by atoms with Crippen LogP contribution in [0.25, 0.3) is 10.9 Å². The number of nitrogens with one attached hydrogen (secondary N) is 1. The second kappa shape index (κ2) is 7.83. The van der Waals surface area contributed by atoms with Crippen LogP contribution in [0.4, 0.5) is 11.5 Å². The van der Waals surface area contributed by atoms with Gasteiger partial charge in [0.25, 0.3) is 5.56 Å². The number of hydrogen-bond acceptors (Lipinski definition) is 5. The Morgan fingerprint density at radius 3 is 2.86 bits per heavy atom. The zero-order chi connectivity index (χ0) is 20.5. The highest BCUT2D eigenvalue weighted by Crippen LogP contribution is 2.29. The molecule has 0 unspecified atom stereocenters. The Morgan fingerprint density at radius 1 is 1.28 bits per heavy atom. The van der Waals surface area contributed by atoms with E-state index in [2.05, 4.69) is 29.4 Å². The summed E-state index contributed by atoms with van der Waals surface area (Å²) in [5.74, 6) is 0.270. The van der Waals surface area contributed by atoms with Crippen molar-refractivity contribution in [2.45, 2.75) is 39.2 Å². The van der Waals surface area contributed by atoms with E-state index < -0.39 is 4.92 Å². The van der Waals surface area contributed by atoms with Crippen molar-refractivity contribution in [2.75, 3.05) is 11.9 Å². The van der Waals surface area contributed by atoms with E-state index in [4.69, 9.17) is 11.6 Å². The summed E-state index contributed by atoms with van der Waals surface area (Å²) in [6.45, 7) is 3.07. The van der Waals surface area contributed by atoms with Gasteiger partial charge >= 0.3 is 5.69 Å². The summed E-state index contributed by atoms with van der Waals surface area (Å²) < 4.78 is 1.43. The normalized spacial score (nSPS) is 12.8. The maximum Gasteiger partial charge on any atom is 0.310 e. The topological polar surface area (TPSA) is 90.1 Å². The minimum absolute atomic E-state index is 0.0937. The first-order valence-electron chi connectivity index (χ1n) is 9.71. The number of pyridine rings is 2. The van der Waals surface area contributed by atoms with E-state index in [-0.39, 0.29) is 23.5 Å². The fourth-order valence-corrected chi connectivity index (χ4v) is 3.98. The highest BCUT2D eigenvalue weighted by molar-refractivity contribution is 6.30. The molecule has 1 aliphatic heterocycles. The van der Waals surface area contributed by atoms with Crippen LogP contribution in [0.15, 0.2) is 35.1 Å². The maximum absolute atomic E-state index is 12.8. The molecule has 3 aromatic rings. The second-order valence-corrected chi connectivity index (χ2v) is 7.65. The Labute approximate surface area is 172 Å². The van der Waals surface area contributed by atoms with Gasteiger partial charge in [0.1, 0.15) is 5.15 Å². The summed E-state index contributed by atoms with van der Waals surface area (Å²) in [5.41, 5.74) is 2.72. The molecule has 0 atom stereocenters. The van der Waals surface area contributed by atoms with E-state index in [1.165, 1.54) is 16.2 Å². The van der Waals surface area contributed by atoms with E-state index in [1.54, 1.807) is 0 Å². The van der Waals surface area contributed by atoms with Crippen molar-refractivity contribution in [1.82, 2.24) is 9.55 Å². The van der Waals surface area contributed by atoms with Crippen molar-refractivity contribution >= 4 is 34.0 Å². The molecule has 0 amide bonds. The molecule has 3 heterocycles. The molecule has 2 aromatic heterocycles. The Bertz CT molecular complexity index is 1170. The molecule has 1 aromatic carbocycles. The molecule has 4 rings (SSSR count). The molecular formula is C21H21ClN4O3. The van der Waals surface area contributed by atoms with Crippen LogP contribution < -0.4 is 10.9 Å². The largest absolute Gasteiger partial charge is 0.364 e. The van der Waals surface area contributed by atoms with Crippen LogP contribution in [-0.2, 0) is 19.4 Å². The van der Waals surface area contributed by atoms with Crippen molar-refractivity contribution in [3.63, 3.8) is 0 Å². The molecule has 0 spiro atoms. The summed E-state index contributed by atoms with van der Waals surface area (Å²) in [5, 5.41) is 15.6. The first-order chi connectivity index (χ1) is 14.0. The lowest BCUT2D eigenvalue weighted by atomic mass is 10.0. The van der Waals surface area contributed by atoms with Gasteiger partial charge in [0, 0.05) is 36.5 Å². The van der Waals surface area contributed by atoms with Gasteiger partial charge in [-0.15, -0.1) is 0 Å². The predicted octanol–water partition coefficient (Wildman–Crippen LogP) is 4.32.